The van der Waals surface area contributed by atoms with Gasteiger partial charge in [0.1, 0.15) is 5.65 Å². The molecule has 112 valence electrons. The van der Waals surface area contributed by atoms with Crippen LogP contribution in [-0.4, -0.2) is 39.5 Å². The zero-order valence-corrected chi connectivity index (χ0v) is 12.9. The molecule has 2 aromatic heterocycles. The van der Waals surface area contributed by atoms with Crippen molar-refractivity contribution in [3.8, 4) is 0 Å². The first-order chi connectivity index (χ1) is 10.3. The fourth-order valence-corrected chi connectivity index (χ4v) is 3.93. The van der Waals surface area contributed by atoms with Gasteiger partial charge in [0, 0.05) is 31.0 Å². The van der Waals surface area contributed by atoms with E-state index < -0.39 is 0 Å². The number of halogens is 1. The molecule has 2 saturated heterocycles. The van der Waals surface area contributed by atoms with Gasteiger partial charge < -0.3 is 14.6 Å². The number of rotatable bonds is 3. The summed E-state index contributed by atoms with van der Waals surface area (Å²) >= 11 is 6.01. The van der Waals surface area contributed by atoms with E-state index in [1.54, 1.807) is 0 Å². The van der Waals surface area contributed by atoms with Crippen molar-refractivity contribution in [3.05, 3.63) is 35.2 Å². The van der Waals surface area contributed by atoms with Crippen LogP contribution in [0, 0.1) is 0 Å². The predicted octanol–water partition coefficient (Wildman–Crippen LogP) is 2.70. The normalized spacial score (nSPS) is 26.3. The van der Waals surface area contributed by atoms with E-state index in [0.29, 0.717) is 6.04 Å². The molecule has 0 saturated carbocycles. The summed E-state index contributed by atoms with van der Waals surface area (Å²) in [7, 11) is 0. The lowest BCUT2D eigenvalue weighted by Gasteiger charge is -2.35. The summed E-state index contributed by atoms with van der Waals surface area (Å²) in [4.78, 5) is 7.29. The van der Waals surface area contributed by atoms with Gasteiger partial charge in [0.05, 0.1) is 10.7 Å². The van der Waals surface area contributed by atoms with Crippen molar-refractivity contribution in [1.82, 2.24) is 19.6 Å². The third kappa shape index (κ3) is 2.80. The highest BCUT2D eigenvalue weighted by Gasteiger charge is 2.31. The Labute approximate surface area is 130 Å². The second-order valence-corrected chi connectivity index (χ2v) is 6.72. The minimum absolute atomic E-state index is 0.637. The molecule has 1 N–H and O–H groups in total. The third-order valence-corrected chi connectivity index (χ3v) is 5.08. The lowest BCUT2D eigenvalue weighted by molar-refractivity contribution is 0.166. The quantitative estimate of drug-likeness (QED) is 0.946. The SMILES string of the molecule is Clc1ccc2nc(CNC3CCN4CCCC4C3)cn2c1. The van der Waals surface area contributed by atoms with Crippen molar-refractivity contribution in [2.24, 2.45) is 0 Å². The first-order valence-corrected chi connectivity index (χ1v) is 8.26. The predicted molar refractivity (Wildman–Crippen MR) is 84.7 cm³/mol. The number of pyridine rings is 1. The van der Waals surface area contributed by atoms with Crippen molar-refractivity contribution >= 4 is 17.2 Å². The summed E-state index contributed by atoms with van der Waals surface area (Å²) in [6.07, 6.45) is 9.29. The number of piperidine rings is 1. The van der Waals surface area contributed by atoms with Crippen LogP contribution in [0.5, 0.6) is 0 Å². The molecule has 2 unspecified atom stereocenters. The van der Waals surface area contributed by atoms with Crippen LogP contribution in [0.4, 0.5) is 0 Å². The van der Waals surface area contributed by atoms with Crippen molar-refractivity contribution in [3.63, 3.8) is 0 Å². The number of aromatic nitrogens is 2. The molecule has 2 aliphatic rings. The Bertz CT molecular complexity index is 638. The van der Waals surface area contributed by atoms with E-state index >= 15 is 0 Å². The van der Waals surface area contributed by atoms with Gasteiger partial charge in [-0.2, -0.15) is 0 Å². The van der Waals surface area contributed by atoms with Crippen LogP contribution in [0.3, 0.4) is 0 Å². The minimum atomic E-state index is 0.637. The van der Waals surface area contributed by atoms with Crippen molar-refractivity contribution in [1.29, 1.82) is 0 Å². The fraction of sp³-hybridized carbons (Fsp3) is 0.562. The van der Waals surface area contributed by atoms with Gasteiger partial charge >= 0.3 is 0 Å². The minimum Gasteiger partial charge on any atom is -0.308 e. The average molecular weight is 305 g/mol. The molecular formula is C16H21ClN4. The topological polar surface area (TPSA) is 32.6 Å². The van der Waals surface area contributed by atoms with Crippen molar-refractivity contribution < 1.29 is 0 Å². The largest absolute Gasteiger partial charge is 0.308 e. The molecule has 4 nitrogen and oxygen atoms in total. The molecule has 0 amide bonds. The zero-order chi connectivity index (χ0) is 14.2. The molecule has 0 aliphatic carbocycles. The van der Waals surface area contributed by atoms with E-state index in [9.17, 15) is 0 Å². The summed E-state index contributed by atoms with van der Waals surface area (Å²) in [6, 6.07) is 5.30. The average Bonchev–Trinajstić information content (AvgIpc) is 3.09. The summed E-state index contributed by atoms with van der Waals surface area (Å²) in [5, 5.41) is 4.43. The Hall–Kier alpha value is -1.10. The Morgan fingerprint density at radius 3 is 3.14 bits per heavy atom. The molecule has 2 aromatic rings. The van der Waals surface area contributed by atoms with Gasteiger partial charge in [0.15, 0.2) is 0 Å². The van der Waals surface area contributed by atoms with Crippen LogP contribution in [0.25, 0.3) is 5.65 Å². The smallest absolute Gasteiger partial charge is 0.137 e. The molecule has 4 rings (SSSR count). The number of nitrogens with one attached hydrogen (secondary N) is 1. The highest BCUT2D eigenvalue weighted by atomic mass is 35.5. The lowest BCUT2D eigenvalue weighted by atomic mass is 9.97. The number of imidazole rings is 1. The van der Waals surface area contributed by atoms with Crippen molar-refractivity contribution in [2.45, 2.75) is 44.3 Å². The second kappa shape index (κ2) is 5.59. The summed E-state index contributed by atoms with van der Waals surface area (Å²) in [5.74, 6) is 0. The van der Waals surface area contributed by atoms with E-state index in [1.807, 2.05) is 22.7 Å². The molecule has 0 aromatic carbocycles. The van der Waals surface area contributed by atoms with Gasteiger partial charge in [0.2, 0.25) is 0 Å². The second-order valence-electron chi connectivity index (χ2n) is 6.28. The Morgan fingerprint density at radius 2 is 2.19 bits per heavy atom. The van der Waals surface area contributed by atoms with Gasteiger partial charge in [-0.25, -0.2) is 4.98 Å². The van der Waals surface area contributed by atoms with Crippen LogP contribution in [-0.2, 0) is 6.54 Å². The molecule has 4 heterocycles. The molecule has 2 fully saturated rings. The number of nitrogens with zero attached hydrogens (tertiary/aromatic N) is 3. The molecule has 0 spiro atoms. The Kier molecular flexibility index (Phi) is 3.61. The van der Waals surface area contributed by atoms with Crippen LogP contribution in [0.2, 0.25) is 5.02 Å². The summed E-state index contributed by atoms with van der Waals surface area (Å²) in [5.41, 5.74) is 2.05. The fourth-order valence-electron chi connectivity index (χ4n) is 3.76. The van der Waals surface area contributed by atoms with E-state index in [-0.39, 0.29) is 0 Å². The van der Waals surface area contributed by atoms with E-state index in [1.165, 1.54) is 38.8 Å². The van der Waals surface area contributed by atoms with Crippen LogP contribution < -0.4 is 5.32 Å². The monoisotopic (exact) mass is 304 g/mol. The molecule has 5 heteroatoms. The molecule has 0 radical (unpaired) electrons. The van der Waals surface area contributed by atoms with Crippen molar-refractivity contribution in [2.75, 3.05) is 13.1 Å². The number of hydrogen-bond donors (Lipinski definition) is 1. The highest BCUT2D eigenvalue weighted by molar-refractivity contribution is 6.30. The van der Waals surface area contributed by atoms with Gasteiger partial charge in [-0.3, -0.25) is 0 Å². The first kappa shape index (κ1) is 13.6. The number of fused-ring (bicyclic) bond motifs is 2. The summed E-state index contributed by atoms with van der Waals surface area (Å²) in [6.45, 7) is 3.41. The molecule has 2 aliphatic heterocycles. The maximum atomic E-state index is 6.01. The Morgan fingerprint density at radius 1 is 1.24 bits per heavy atom. The van der Waals surface area contributed by atoms with E-state index in [0.717, 1.165) is 29.0 Å². The maximum absolute atomic E-state index is 6.01. The van der Waals surface area contributed by atoms with Crippen LogP contribution >= 0.6 is 11.6 Å². The van der Waals surface area contributed by atoms with Crippen LogP contribution in [0.1, 0.15) is 31.4 Å². The maximum Gasteiger partial charge on any atom is 0.137 e. The van der Waals surface area contributed by atoms with E-state index in [2.05, 4.69) is 21.4 Å². The highest BCUT2D eigenvalue weighted by Crippen LogP contribution is 2.26. The third-order valence-electron chi connectivity index (χ3n) is 4.86. The molecule has 21 heavy (non-hydrogen) atoms. The first-order valence-electron chi connectivity index (χ1n) is 7.88. The lowest BCUT2D eigenvalue weighted by Crippen LogP contribution is -2.45. The van der Waals surface area contributed by atoms with Gasteiger partial charge in [-0.15, -0.1) is 0 Å². The van der Waals surface area contributed by atoms with Gasteiger partial charge in [0.25, 0.3) is 0 Å². The number of hydrogen-bond acceptors (Lipinski definition) is 3. The molecule has 2 atom stereocenters. The van der Waals surface area contributed by atoms with Gasteiger partial charge in [-0.05, 0) is 50.9 Å². The molecular weight excluding hydrogens is 284 g/mol. The Balaban J connectivity index is 1.39. The molecule has 0 bridgehead atoms. The van der Waals surface area contributed by atoms with Crippen LogP contribution in [0.15, 0.2) is 24.5 Å². The standard InChI is InChI=1S/C16H21ClN4/c17-12-3-4-16-19-14(11-21(16)10-12)9-18-13-5-7-20-6-1-2-15(20)8-13/h3-4,10-11,13,15,18H,1-2,5-9H2. The zero-order valence-electron chi connectivity index (χ0n) is 12.1. The summed E-state index contributed by atoms with van der Waals surface area (Å²) < 4.78 is 2.00. The van der Waals surface area contributed by atoms with E-state index in [4.69, 9.17) is 11.6 Å². The van der Waals surface area contributed by atoms with Gasteiger partial charge in [-0.1, -0.05) is 11.6 Å².